The van der Waals surface area contributed by atoms with Gasteiger partial charge >= 0.3 is 0 Å². The first-order chi connectivity index (χ1) is 8.19. The van der Waals surface area contributed by atoms with Gasteiger partial charge in [-0.25, -0.2) is 4.98 Å². The fourth-order valence-electron chi connectivity index (χ4n) is 1.47. The van der Waals surface area contributed by atoms with E-state index in [4.69, 9.17) is 11.6 Å². The molecular formula is C11H14ClN3S2. The Bertz CT molecular complexity index is 481. The van der Waals surface area contributed by atoms with Gasteiger partial charge < -0.3 is 10.2 Å². The Hall–Kier alpha value is -0.620. The van der Waals surface area contributed by atoms with Crippen LogP contribution >= 0.6 is 34.3 Å². The van der Waals surface area contributed by atoms with Crippen LogP contribution in [0.2, 0.25) is 4.34 Å². The van der Waals surface area contributed by atoms with Crippen LogP contribution in [0.4, 0.5) is 5.13 Å². The Labute approximate surface area is 114 Å². The molecule has 0 aliphatic rings. The summed E-state index contributed by atoms with van der Waals surface area (Å²) in [6, 6.07) is 4.00. The quantitative estimate of drug-likeness (QED) is 0.915. The number of hydrogen-bond donors (Lipinski definition) is 1. The highest BCUT2D eigenvalue weighted by Gasteiger charge is 2.08. The molecule has 6 heteroatoms. The zero-order chi connectivity index (χ0) is 12.3. The first-order valence-corrected chi connectivity index (χ1v) is 7.31. The van der Waals surface area contributed by atoms with Crippen molar-refractivity contribution in [3.05, 3.63) is 32.4 Å². The van der Waals surface area contributed by atoms with Crippen LogP contribution in [0.15, 0.2) is 17.5 Å². The SMILES string of the molecule is CNCc1csc(N(C)Cc2ccc(Cl)s2)n1. The summed E-state index contributed by atoms with van der Waals surface area (Å²) < 4.78 is 0.836. The molecule has 0 spiro atoms. The summed E-state index contributed by atoms with van der Waals surface area (Å²) >= 11 is 9.20. The maximum absolute atomic E-state index is 5.91. The van der Waals surface area contributed by atoms with Crippen LogP contribution in [0.1, 0.15) is 10.6 Å². The van der Waals surface area contributed by atoms with E-state index >= 15 is 0 Å². The predicted octanol–water partition coefficient (Wildman–Crippen LogP) is 3.21. The molecule has 0 aliphatic heterocycles. The molecule has 2 rings (SSSR count). The van der Waals surface area contributed by atoms with Gasteiger partial charge in [0.2, 0.25) is 0 Å². The lowest BCUT2D eigenvalue weighted by atomic mass is 10.4. The fraction of sp³-hybridized carbons (Fsp3) is 0.364. The minimum absolute atomic E-state index is 0.815. The molecule has 0 aliphatic carbocycles. The Kier molecular flexibility index (Phi) is 4.39. The van der Waals surface area contributed by atoms with Crippen molar-refractivity contribution in [3.63, 3.8) is 0 Å². The van der Waals surface area contributed by atoms with Crippen molar-refractivity contribution in [2.24, 2.45) is 0 Å². The maximum Gasteiger partial charge on any atom is 0.185 e. The highest BCUT2D eigenvalue weighted by Crippen LogP contribution is 2.26. The number of thiazole rings is 1. The Morgan fingerprint density at radius 3 is 2.94 bits per heavy atom. The van der Waals surface area contributed by atoms with E-state index in [-0.39, 0.29) is 0 Å². The molecule has 0 saturated heterocycles. The molecule has 0 atom stereocenters. The molecule has 0 saturated carbocycles. The van der Waals surface area contributed by atoms with Gasteiger partial charge in [-0.1, -0.05) is 11.6 Å². The predicted molar refractivity (Wildman–Crippen MR) is 76.3 cm³/mol. The fourth-order valence-corrected chi connectivity index (χ4v) is 3.41. The Balaban J connectivity index is 2.01. The van der Waals surface area contributed by atoms with Gasteiger partial charge in [0.15, 0.2) is 5.13 Å². The van der Waals surface area contributed by atoms with E-state index in [1.807, 2.05) is 13.1 Å². The van der Waals surface area contributed by atoms with Gasteiger partial charge in [-0.05, 0) is 19.2 Å². The standard InChI is InChI=1S/C11H14ClN3S2/c1-13-5-8-7-16-11(14-8)15(2)6-9-3-4-10(12)17-9/h3-4,7,13H,5-6H2,1-2H3. The Morgan fingerprint density at radius 1 is 1.47 bits per heavy atom. The summed E-state index contributed by atoms with van der Waals surface area (Å²) in [7, 11) is 3.98. The van der Waals surface area contributed by atoms with Crippen LogP contribution in [0, 0.1) is 0 Å². The third-order valence-electron chi connectivity index (χ3n) is 2.25. The monoisotopic (exact) mass is 287 g/mol. The number of rotatable bonds is 5. The second-order valence-corrected chi connectivity index (χ2v) is 6.35. The van der Waals surface area contributed by atoms with Crippen LogP contribution in [-0.2, 0) is 13.1 Å². The second kappa shape index (κ2) is 5.82. The van der Waals surface area contributed by atoms with Gasteiger partial charge in [-0.15, -0.1) is 22.7 Å². The van der Waals surface area contributed by atoms with Gasteiger partial charge in [-0.3, -0.25) is 0 Å². The minimum Gasteiger partial charge on any atom is -0.346 e. The normalized spacial score (nSPS) is 10.8. The molecule has 0 fully saturated rings. The number of halogens is 1. The number of hydrogen-bond acceptors (Lipinski definition) is 5. The van der Waals surface area contributed by atoms with Crippen LogP contribution in [0.5, 0.6) is 0 Å². The molecule has 0 amide bonds. The van der Waals surface area contributed by atoms with Crippen LogP contribution < -0.4 is 10.2 Å². The summed E-state index contributed by atoms with van der Waals surface area (Å²) in [5.41, 5.74) is 1.09. The first-order valence-electron chi connectivity index (χ1n) is 5.23. The lowest BCUT2D eigenvalue weighted by Crippen LogP contribution is -2.15. The van der Waals surface area contributed by atoms with Crippen molar-refractivity contribution in [3.8, 4) is 0 Å². The smallest absolute Gasteiger partial charge is 0.185 e. The molecule has 0 aromatic carbocycles. The number of aromatic nitrogens is 1. The van der Waals surface area contributed by atoms with E-state index in [9.17, 15) is 0 Å². The first kappa shape index (κ1) is 12.8. The van der Waals surface area contributed by atoms with E-state index in [0.29, 0.717) is 0 Å². The number of anilines is 1. The molecule has 2 aromatic rings. The lowest BCUT2D eigenvalue weighted by molar-refractivity contribution is 0.793. The molecule has 0 unspecified atom stereocenters. The molecule has 17 heavy (non-hydrogen) atoms. The summed E-state index contributed by atoms with van der Waals surface area (Å²) in [6.45, 7) is 1.67. The second-order valence-electron chi connectivity index (χ2n) is 3.71. The maximum atomic E-state index is 5.91. The zero-order valence-electron chi connectivity index (χ0n) is 9.74. The van der Waals surface area contributed by atoms with Crippen molar-refractivity contribution in [2.75, 3.05) is 19.0 Å². The van der Waals surface area contributed by atoms with Gasteiger partial charge in [-0.2, -0.15) is 0 Å². The van der Waals surface area contributed by atoms with E-state index in [1.54, 1.807) is 22.7 Å². The molecule has 0 bridgehead atoms. The van der Waals surface area contributed by atoms with Crippen molar-refractivity contribution in [2.45, 2.75) is 13.1 Å². The van der Waals surface area contributed by atoms with Crippen LogP contribution in [0.3, 0.4) is 0 Å². The average Bonchev–Trinajstić information content (AvgIpc) is 2.88. The molecule has 2 aromatic heterocycles. The van der Waals surface area contributed by atoms with Gasteiger partial charge in [0.1, 0.15) is 0 Å². The summed E-state index contributed by atoms with van der Waals surface area (Å²) in [5.74, 6) is 0. The van der Waals surface area contributed by atoms with Crippen LogP contribution in [0.25, 0.3) is 0 Å². The summed E-state index contributed by atoms with van der Waals surface area (Å²) in [6.07, 6.45) is 0. The van der Waals surface area contributed by atoms with Crippen molar-refractivity contribution >= 4 is 39.4 Å². The van der Waals surface area contributed by atoms with Crippen molar-refractivity contribution in [1.82, 2.24) is 10.3 Å². The van der Waals surface area contributed by atoms with Gasteiger partial charge in [0.25, 0.3) is 0 Å². The van der Waals surface area contributed by atoms with Gasteiger partial charge in [0.05, 0.1) is 16.6 Å². The molecule has 92 valence electrons. The van der Waals surface area contributed by atoms with E-state index in [1.165, 1.54) is 4.88 Å². The van der Waals surface area contributed by atoms with Crippen LogP contribution in [-0.4, -0.2) is 19.1 Å². The molecule has 3 nitrogen and oxygen atoms in total. The summed E-state index contributed by atoms with van der Waals surface area (Å²) in [5, 5.41) is 6.23. The largest absolute Gasteiger partial charge is 0.346 e. The Morgan fingerprint density at radius 2 is 2.29 bits per heavy atom. The van der Waals surface area contributed by atoms with Gasteiger partial charge in [0, 0.05) is 23.8 Å². The van der Waals surface area contributed by atoms with E-state index in [2.05, 4.69) is 33.7 Å². The lowest BCUT2D eigenvalue weighted by Gasteiger charge is -2.14. The highest BCUT2D eigenvalue weighted by atomic mass is 35.5. The minimum atomic E-state index is 0.815. The third-order valence-corrected chi connectivity index (χ3v) is 4.47. The van der Waals surface area contributed by atoms with E-state index in [0.717, 1.165) is 28.3 Å². The third kappa shape index (κ3) is 3.42. The number of nitrogens with zero attached hydrogens (tertiary/aromatic N) is 2. The average molecular weight is 288 g/mol. The van der Waals surface area contributed by atoms with Crippen molar-refractivity contribution in [1.29, 1.82) is 0 Å². The molecule has 1 N–H and O–H groups in total. The topological polar surface area (TPSA) is 28.2 Å². The number of nitrogens with one attached hydrogen (secondary N) is 1. The highest BCUT2D eigenvalue weighted by molar-refractivity contribution is 7.16. The zero-order valence-corrected chi connectivity index (χ0v) is 12.1. The summed E-state index contributed by atoms with van der Waals surface area (Å²) in [4.78, 5) is 7.95. The molecule has 2 heterocycles. The molecular weight excluding hydrogens is 274 g/mol. The van der Waals surface area contributed by atoms with Crippen molar-refractivity contribution < 1.29 is 0 Å². The number of thiophene rings is 1. The molecule has 0 radical (unpaired) electrons. The van der Waals surface area contributed by atoms with E-state index < -0.39 is 0 Å².